The number of ether oxygens (including phenoxy) is 1. The van der Waals surface area contributed by atoms with Gasteiger partial charge in [-0.25, -0.2) is 4.79 Å². The van der Waals surface area contributed by atoms with E-state index < -0.39 is 10.9 Å². The van der Waals surface area contributed by atoms with Gasteiger partial charge in [-0.2, -0.15) is 4.68 Å². The Labute approximate surface area is 156 Å². The molecule has 3 rings (SSSR count). The molecule has 0 saturated heterocycles. The summed E-state index contributed by atoms with van der Waals surface area (Å²) in [7, 11) is 1.38. The van der Waals surface area contributed by atoms with Gasteiger partial charge in [-0.05, 0) is 46.3 Å². The number of rotatable bonds is 7. The molecule has 1 aromatic heterocycles. The number of thioether (sulfide) groups is 1. The van der Waals surface area contributed by atoms with Gasteiger partial charge in [-0.15, -0.1) is 5.10 Å². The fraction of sp³-hybridized carbons (Fsp3) is 0.125. The first-order valence-corrected chi connectivity index (χ1v) is 8.54. The van der Waals surface area contributed by atoms with Crippen molar-refractivity contribution in [3.63, 3.8) is 0 Å². The zero-order chi connectivity index (χ0) is 19.4. The Morgan fingerprint density at radius 2 is 2.04 bits per heavy atom. The van der Waals surface area contributed by atoms with Gasteiger partial charge in [0, 0.05) is 11.8 Å². The quantitative estimate of drug-likeness (QED) is 0.369. The minimum atomic E-state index is -1.02. The van der Waals surface area contributed by atoms with Gasteiger partial charge in [0.25, 0.3) is 0 Å². The molecule has 11 heteroatoms. The number of carboxylic acid groups (broad SMARTS) is 1. The van der Waals surface area contributed by atoms with E-state index in [-0.39, 0.29) is 17.0 Å². The van der Waals surface area contributed by atoms with Crippen molar-refractivity contribution in [1.29, 1.82) is 0 Å². The Morgan fingerprint density at radius 1 is 1.30 bits per heavy atom. The molecule has 1 heterocycles. The van der Waals surface area contributed by atoms with E-state index >= 15 is 0 Å². The summed E-state index contributed by atoms with van der Waals surface area (Å²) in [5.74, 6) is -0.427. The van der Waals surface area contributed by atoms with Crippen LogP contribution in [0.15, 0.2) is 47.6 Å². The molecule has 27 heavy (non-hydrogen) atoms. The number of nitro benzene ring substituents is 1. The molecule has 0 unspecified atom stereocenters. The van der Waals surface area contributed by atoms with Crippen molar-refractivity contribution in [3.8, 4) is 11.4 Å². The number of methoxy groups -OCH3 is 1. The number of carboxylic acids is 1. The Balaban J connectivity index is 1.78. The van der Waals surface area contributed by atoms with Crippen LogP contribution in [0.5, 0.6) is 5.75 Å². The smallest absolute Gasteiger partial charge is 0.335 e. The van der Waals surface area contributed by atoms with E-state index in [1.54, 1.807) is 24.3 Å². The zero-order valence-electron chi connectivity index (χ0n) is 14.0. The first-order chi connectivity index (χ1) is 13.0. The van der Waals surface area contributed by atoms with Gasteiger partial charge in [-0.1, -0.05) is 17.8 Å². The standard InChI is InChI=1S/C16H13N5O5S/c1-26-14-7-2-10(8-13(14)21(24)25)9-27-16-17-18-19-20(16)12-5-3-11(4-6-12)15(22)23/h2-8H,9H2,1H3,(H,22,23). The fourth-order valence-electron chi connectivity index (χ4n) is 2.29. The predicted molar refractivity (Wildman–Crippen MR) is 95.3 cm³/mol. The summed E-state index contributed by atoms with van der Waals surface area (Å²) in [6.07, 6.45) is 0. The molecular formula is C16H13N5O5S. The number of aromatic nitrogens is 4. The molecule has 138 valence electrons. The van der Waals surface area contributed by atoms with Gasteiger partial charge in [0.1, 0.15) is 0 Å². The molecule has 2 aromatic carbocycles. The lowest BCUT2D eigenvalue weighted by molar-refractivity contribution is -0.385. The molecule has 0 aliphatic heterocycles. The van der Waals surface area contributed by atoms with Crippen LogP contribution < -0.4 is 4.74 Å². The molecule has 0 bridgehead atoms. The summed E-state index contributed by atoms with van der Waals surface area (Å²) in [4.78, 5) is 21.6. The van der Waals surface area contributed by atoms with Crippen molar-refractivity contribution < 1.29 is 19.6 Å². The Hall–Kier alpha value is -3.47. The highest BCUT2D eigenvalue weighted by Gasteiger charge is 2.16. The van der Waals surface area contributed by atoms with E-state index in [2.05, 4.69) is 15.5 Å². The van der Waals surface area contributed by atoms with Crippen LogP contribution in [0.25, 0.3) is 5.69 Å². The van der Waals surface area contributed by atoms with Crippen LogP contribution in [0, 0.1) is 10.1 Å². The van der Waals surface area contributed by atoms with Crippen molar-refractivity contribution in [1.82, 2.24) is 20.2 Å². The van der Waals surface area contributed by atoms with Crippen LogP contribution in [-0.2, 0) is 5.75 Å². The van der Waals surface area contributed by atoms with Gasteiger partial charge in [-0.3, -0.25) is 10.1 Å². The normalized spacial score (nSPS) is 10.6. The van der Waals surface area contributed by atoms with E-state index in [9.17, 15) is 14.9 Å². The average molecular weight is 387 g/mol. The molecular weight excluding hydrogens is 374 g/mol. The number of hydrogen-bond donors (Lipinski definition) is 1. The third-order valence-corrected chi connectivity index (χ3v) is 4.60. The third kappa shape index (κ3) is 4.03. The van der Waals surface area contributed by atoms with Crippen molar-refractivity contribution in [2.24, 2.45) is 0 Å². The lowest BCUT2D eigenvalue weighted by atomic mass is 10.2. The van der Waals surface area contributed by atoms with Gasteiger partial charge < -0.3 is 9.84 Å². The molecule has 0 spiro atoms. The second kappa shape index (κ2) is 7.83. The molecule has 0 atom stereocenters. The number of aromatic carboxylic acids is 1. The summed E-state index contributed by atoms with van der Waals surface area (Å²) >= 11 is 1.29. The highest BCUT2D eigenvalue weighted by atomic mass is 32.2. The van der Waals surface area contributed by atoms with Crippen LogP contribution in [0.3, 0.4) is 0 Å². The second-order valence-corrected chi connectivity index (χ2v) is 6.22. The molecule has 0 saturated carbocycles. The summed E-state index contributed by atoms with van der Waals surface area (Å²) < 4.78 is 6.46. The first-order valence-electron chi connectivity index (χ1n) is 7.56. The summed E-state index contributed by atoms with van der Waals surface area (Å²) in [6.45, 7) is 0. The van der Waals surface area contributed by atoms with Crippen molar-refractivity contribution in [2.45, 2.75) is 10.9 Å². The van der Waals surface area contributed by atoms with Gasteiger partial charge >= 0.3 is 11.7 Å². The molecule has 0 aliphatic carbocycles. The number of carbonyl (C=O) groups is 1. The maximum absolute atomic E-state index is 11.1. The van der Waals surface area contributed by atoms with Crippen LogP contribution in [0.2, 0.25) is 0 Å². The lowest BCUT2D eigenvalue weighted by Gasteiger charge is -2.06. The zero-order valence-corrected chi connectivity index (χ0v) is 14.8. The first kappa shape index (κ1) is 18.3. The highest BCUT2D eigenvalue weighted by molar-refractivity contribution is 7.98. The van der Waals surface area contributed by atoms with Crippen molar-refractivity contribution >= 4 is 23.4 Å². The minimum Gasteiger partial charge on any atom is -0.490 e. The molecule has 10 nitrogen and oxygen atoms in total. The van der Waals surface area contributed by atoms with E-state index in [0.717, 1.165) is 0 Å². The van der Waals surface area contributed by atoms with Gasteiger partial charge in [0.2, 0.25) is 5.16 Å². The minimum absolute atomic E-state index is 0.112. The number of benzene rings is 2. The molecule has 0 radical (unpaired) electrons. The second-order valence-electron chi connectivity index (χ2n) is 5.28. The number of nitrogens with zero attached hydrogens (tertiary/aromatic N) is 5. The largest absolute Gasteiger partial charge is 0.490 e. The van der Waals surface area contributed by atoms with E-state index in [4.69, 9.17) is 9.84 Å². The van der Waals surface area contributed by atoms with E-state index in [0.29, 0.717) is 22.2 Å². The molecule has 3 aromatic rings. The number of hydrogen-bond acceptors (Lipinski definition) is 8. The van der Waals surface area contributed by atoms with Gasteiger partial charge in [0.05, 0.1) is 23.3 Å². The third-order valence-electron chi connectivity index (χ3n) is 3.61. The van der Waals surface area contributed by atoms with E-state index in [1.165, 1.54) is 41.8 Å². The van der Waals surface area contributed by atoms with Gasteiger partial charge in [0.15, 0.2) is 5.75 Å². The number of nitro groups is 1. The monoisotopic (exact) mass is 387 g/mol. The molecule has 0 fully saturated rings. The molecule has 1 N–H and O–H groups in total. The Kier molecular flexibility index (Phi) is 5.31. The predicted octanol–water partition coefficient (Wildman–Crippen LogP) is 2.57. The van der Waals surface area contributed by atoms with Crippen molar-refractivity contribution in [3.05, 3.63) is 63.7 Å². The van der Waals surface area contributed by atoms with Crippen LogP contribution >= 0.6 is 11.8 Å². The Bertz CT molecular complexity index is 989. The van der Waals surface area contributed by atoms with E-state index in [1.807, 2.05) is 0 Å². The molecule has 0 amide bonds. The SMILES string of the molecule is COc1ccc(CSc2nnnn2-c2ccc(C(=O)O)cc2)cc1[N+](=O)[O-]. The lowest BCUT2D eigenvalue weighted by Crippen LogP contribution is -2.01. The molecule has 0 aliphatic rings. The van der Waals surface area contributed by atoms with Crippen molar-refractivity contribution in [2.75, 3.05) is 7.11 Å². The van der Waals surface area contributed by atoms with Crippen LogP contribution in [-0.4, -0.2) is 43.3 Å². The summed E-state index contributed by atoms with van der Waals surface area (Å²) in [5, 5.41) is 32.0. The van der Waals surface area contributed by atoms with Crippen LogP contribution in [0.1, 0.15) is 15.9 Å². The summed E-state index contributed by atoms with van der Waals surface area (Å²) in [6, 6.07) is 10.8. The maximum Gasteiger partial charge on any atom is 0.335 e. The highest BCUT2D eigenvalue weighted by Crippen LogP contribution is 2.30. The van der Waals surface area contributed by atoms with Crippen LogP contribution in [0.4, 0.5) is 5.69 Å². The average Bonchev–Trinajstić information content (AvgIpc) is 3.14. The summed E-state index contributed by atoms with van der Waals surface area (Å²) in [5.41, 5.74) is 1.36. The maximum atomic E-state index is 11.1. The topological polar surface area (TPSA) is 133 Å². The number of tetrazole rings is 1. The fourth-order valence-corrected chi connectivity index (χ4v) is 3.13. The Morgan fingerprint density at radius 3 is 2.67 bits per heavy atom.